The van der Waals surface area contributed by atoms with Crippen LogP contribution in [0.2, 0.25) is 5.02 Å². The van der Waals surface area contributed by atoms with Crippen molar-refractivity contribution in [3.8, 4) is 0 Å². The number of hydrogen-bond acceptors (Lipinski definition) is 2. The van der Waals surface area contributed by atoms with Crippen LogP contribution in [-0.4, -0.2) is 29.8 Å². The van der Waals surface area contributed by atoms with Gasteiger partial charge in [0.05, 0.1) is 5.92 Å². The van der Waals surface area contributed by atoms with Crippen molar-refractivity contribution in [2.45, 2.75) is 19.4 Å². The lowest BCUT2D eigenvalue weighted by Crippen LogP contribution is -2.33. The lowest BCUT2D eigenvalue weighted by Gasteiger charge is -2.16. The Morgan fingerprint density at radius 2 is 1.92 bits per heavy atom. The molecule has 0 radical (unpaired) electrons. The average Bonchev–Trinajstić information content (AvgIpc) is 3.01. The monoisotopic (exact) mass is 374 g/mol. The van der Waals surface area contributed by atoms with Crippen molar-refractivity contribution < 1.29 is 14.0 Å². The fourth-order valence-electron chi connectivity index (χ4n) is 3.05. The van der Waals surface area contributed by atoms with Crippen LogP contribution < -0.4 is 5.32 Å². The van der Waals surface area contributed by atoms with Crippen LogP contribution in [-0.2, 0) is 22.6 Å². The molecule has 2 amide bonds. The molecule has 1 atom stereocenters. The molecule has 4 nitrogen and oxygen atoms in total. The molecule has 26 heavy (non-hydrogen) atoms. The van der Waals surface area contributed by atoms with Gasteiger partial charge < -0.3 is 10.2 Å². The first kappa shape index (κ1) is 18.4. The molecule has 1 aliphatic rings. The van der Waals surface area contributed by atoms with Crippen LogP contribution in [0.4, 0.5) is 4.39 Å². The van der Waals surface area contributed by atoms with Gasteiger partial charge in [0.1, 0.15) is 5.82 Å². The summed E-state index contributed by atoms with van der Waals surface area (Å²) in [5, 5.41) is 3.41. The maximum atomic E-state index is 13.6. The highest BCUT2D eigenvalue weighted by Crippen LogP contribution is 2.19. The molecule has 1 unspecified atom stereocenters. The quantitative estimate of drug-likeness (QED) is 0.844. The Hall–Kier alpha value is -2.40. The molecule has 6 heteroatoms. The third kappa shape index (κ3) is 4.61. The number of carbonyl (C=O) groups excluding carboxylic acids is 2. The number of carbonyl (C=O) groups is 2. The minimum absolute atomic E-state index is 0.0231. The van der Waals surface area contributed by atoms with Gasteiger partial charge in [0, 0.05) is 36.6 Å². The van der Waals surface area contributed by atoms with Crippen molar-refractivity contribution >= 4 is 23.4 Å². The number of rotatable bonds is 6. The van der Waals surface area contributed by atoms with Gasteiger partial charge in [0.25, 0.3) is 0 Å². The maximum absolute atomic E-state index is 13.6. The first-order chi connectivity index (χ1) is 12.5. The van der Waals surface area contributed by atoms with Crippen molar-refractivity contribution in [1.29, 1.82) is 0 Å². The first-order valence-electron chi connectivity index (χ1n) is 8.56. The molecule has 136 valence electrons. The summed E-state index contributed by atoms with van der Waals surface area (Å²) in [4.78, 5) is 26.2. The fourth-order valence-corrected chi connectivity index (χ4v) is 3.17. The Bertz CT molecular complexity index is 795. The smallest absolute Gasteiger partial charge is 0.225 e. The summed E-state index contributed by atoms with van der Waals surface area (Å²) in [5.41, 5.74) is 1.53. The molecule has 0 bridgehead atoms. The zero-order valence-corrected chi connectivity index (χ0v) is 15.0. The van der Waals surface area contributed by atoms with Crippen LogP contribution in [0, 0.1) is 11.7 Å². The van der Waals surface area contributed by atoms with Gasteiger partial charge in [-0.3, -0.25) is 9.59 Å². The molecule has 2 aromatic carbocycles. The summed E-state index contributed by atoms with van der Waals surface area (Å²) in [6, 6.07) is 13.8. The normalized spacial score (nSPS) is 16.8. The van der Waals surface area contributed by atoms with Crippen LogP contribution in [0.3, 0.4) is 0 Å². The van der Waals surface area contributed by atoms with Crippen LogP contribution in [0.15, 0.2) is 48.5 Å². The molecule has 0 aromatic heterocycles. The predicted octanol–water partition coefficient (Wildman–Crippen LogP) is 3.19. The molecule has 2 aromatic rings. The highest BCUT2D eigenvalue weighted by Gasteiger charge is 2.33. The molecule has 0 aliphatic carbocycles. The molecular formula is C20H20ClFN2O2. The first-order valence-corrected chi connectivity index (χ1v) is 8.94. The predicted molar refractivity (Wildman–Crippen MR) is 98.1 cm³/mol. The molecule has 1 fully saturated rings. The van der Waals surface area contributed by atoms with Gasteiger partial charge in [0.2, 0.25) is 11.8 Å². The molecular weight excluding hydrogens is 355 g/mol. The SMILES string of the molecule is O=C(NCc1ccccc1F)C1CC(=O)N(CCc2ccc(Cl)cc2)C1. The summed E-state index contributed by atoms with van der Waals surface area (Å²) in [7, 11) is 0. The standard InChI is InChI=1S/C20H20ClFN2O2/c21-17-7-5-14(6-8-17)9-10-24-13-16(11-19(24)25)20(26)23-12-15-3-1-2-4-18(15)22/h1-8,16H,9-13H2,(H,23,26). The van der Waals surface area contributed by atoms with Gasteiger partial charge in [-0.15, -0.1) is 0 Å². The van der Waals surface area contributed by atoms with Crippen molar-refractivity contribution in [2.24, 2.45) is 5.92 Å². The zero-order chi connectivity index (χ0) is 18.5. The zero-order valence-electron chi connectivity index (χ0n) is 14.3. The van der Waals surface area contributed by atoms with E-state index in [0.717, 1.165) is 5.56 Å². The van der Waals surface area contributed by atoms with Gasteiger partial charge >= 0.3 is 0 Å². The summed E-state index contributed by atoms with van der Waals surface area (Å²) in [6.07, 6.45) is 0.913. The Labute approximate surface area is 157 Å². The second kappa shape index (κ2) is 8.32. The number of hydrogen-bond donors (Lipinski definition) is 1. The third-order valence-corrected chi connectivity index (χ3v) is 4.83. The largest absolute Gasteiger partial charge is 0.352 e. The van der Waals surface area contributed by atoms with Crippen molar-refractivity contribution in [3.05, 3.63) is 70.5 Å². The number of nitrogens with one attached hydrogen (secondary N) is 1. The number of nitrogens with zero attached hydrogens (tertiary/aromatic N) is 1. The summed E-state index contributed by atoms with van der Waals surface area (Å²) < 4.78 is 13.6. The van der Waals surface area contributed by atoms with Crippen molar-refractivity contribution in [3.63, 3.8) is 0 Å². The maximum Gasteiger partial charge on any atom is 0.225 e. The van der Waals surface area contributed by atoms with Crippen LogP contribution in [0.25, 0.3) is 0 Å². The molecule has 1 heterocycles. The van der Waals surface area contributed by atoms with E-state index < -0.39 is 0 Å². The van der Waals surface area contributed by atoms with Crippen LogP contribution in [0.1, 0.15) is 17.5 Å². The Balaban J connectivity index is 1.49. The van der Waals surface area contributed by atoms with Gasteiger partial charge in [-0.2, -0.15) is 0 Å². The van der Waals surface area contributed by atoms with E-state index in [-0.39, 0.29) is 36.5 Å². The van der Waals surface area contributed by atoms with Crippen LogP contribution in [0.5, 0.6) is 0 Å². The minimum atomic E-state index is -0.389. The Morgan fingerprint density at radius 3 is 2.65 bits per heavy atom. The van der Waals surface area contributed by atoms with E-state index in [4.69, 9.17) is 11.6 Å². The number of benzene rings is 2. The molecule has 0 spiro atoms. The molecule has 1 aliphatic heterocycles. The fraction of sp³-hybridized carbons (Fsp3) is 0.300. The average molecular weight is 375 g/mol. The van der Waals surface area contributed by atoms with Gasteiger partial charge in [-0.05, 0) is 30.2 Å². The Morgan fingerprint density at radius 1 is 1.19 bits per heavy atom. The highest BCUT2D eigenvalue weighted by atomic mass is 35.5. The van der Waals surface area contributed by atoms with E-state index in [2.05, 4.69) is 5.32 Å². The van der Waals surface area contributed by atoms with Crippen LogP contribution >= 0.6 is 11.6 Å². The number of amides is 2. The minimum Gasteiger partial charge on any atom is -0.352 e. The van der Waals surface area contributed by atoms with Gasteiger partial charge in [-0.1, -0.05) is 41.9 Å². The topological polar surface area (TPSA) is 49.4 Å². The van der Waals surface area contributed by atoms with E-state index in [1.165, 1.54) is 6.07 Å². The van der Waals surface area contributed by atoms with Gasteiger partial charge in [-0.25, -0.2) is 4.39 Å². The third-order valence-electron chi connectivity index (χ3n) is 4.58. The highest BCUT2D eigenvalue weighted by molar-refractivity contribution is 6.30. The van der Waals surface area contributed by atoms with Crippen molar-refractivity contribution in [2.75, 3.05) is 13.1 Å². The number of halogens is 2. The lowest BCUT2D eigenvalue weighted by molar-refractivity contribution is -0.129. The second-order valence-electron chi connectivity index (χ2n) is 6.43. The van der Waals surface area contributed by atoms with E-state index in [0.29, 0.717) is 30.1 Å². The number of likely N-dealkylation sites (tertiary alicyclic amines) is 1. The summed E-state index contributed by atoms with van der Waals surface area (Å²) >= 11 is 5.87. The molecule has 0 saturated carbocycles. The Kier molecular flexibility index (Phi) is 5.89. The summed E-state index contributed by atoms with van der Waals surface area (Å²) in [5.74, 6) is -0.972. The lowest BCUT2D eigenvalue weighted by atomic mass is 10.1. The molecule has 1 N–H and O–H groups in total. The summed E-state index contributed by atoms with van der Waals surface area (Å²) in [6.45, 7) is 1.09. The molecule has 1 saturated heterocycles. The van der Waals surface area contributed by atoms with E-state index >= 15 is 0 Å². The van der Waals surface area contributed by atoms with Gasteiger partial charge in [0.15, 0.2) is 0 Å². The molecule has 3 rings (SSSR count). The van der Waals surface area contributed by atoms with E-state index in [1.54, 1.807) is 23.1 Å². The second-order valence-corrected chi connectivity index (χ2v) is 6.86. The van der Waals surface area contributed by atoms with E-state index in [9.17, 15) is 14.0 Å². The van der Waals surface area contributed by atoms with Crippen molar-refractivity contribution in [1.82, 2.24) is 10.2 Å². The van der Waals surface area contributed by atoms with E-state index in [1.807, 2.05) is 24.3 Å².